The number of rotatable bonds is 8. The maximum atomic E-state index is 14.6. The maximum Gasteiger partial charge on any atom is 0.291 e. The molecule has 1 aliphatic rings. The molecule has 0 aliphatic carbocycles. The lowest BCUT2D eigenvalue weighted by Crippen LogP contribution is -2.62. The molecule has 41 heavy (non-hydrogen) atoms. The number of hydrogen-bond donors (Lipinski definition) is 4. The number of nitrogens with zero attached hydrogens (tertiary/aromatic N) is 3. The Kier molecular flexibility index (Phi) is 10.1. The molecule has 0 bridgehead atoms. The largest absolute Gasteiger partial charge is 0.494 e. The van der Waals surface area contributed by atoms with Crippen LogP contribution in [0.3, 0.4) is 0 Å². The molecule has 218 valence electrons. The molecule has 14 heteroatoms. The molecule has 2 aromatic carbocycles. The number of aryl methyl sites for hydroxylation is 1. The minimum Gasteiger partial charge on any atom is -0.494 e. The van der Waals surface area contributed by atoms with Crippen molar-refractivity contribution in [3.05, 3.63) is 65.1 Å². The zero-order valence-electron chi connectivity index (χ0n) is 22.6. The highest BCUT2D eigenvalue weighted by molar-refractivity contribution is 6.03. The third-order valence-electron chi connectivity index (χ3n) is 6.47. The van der Waals surface area contributed by atoms with Crippen molar-refractivity contribution in [3.63, 3.8) is 0 Å². The molecule has 1 aromatic heterocycles. The van der Waals surface area contributed by atoms with Gasteiger partial charge in [-0.05, 0) is 42.3 Å². The number of ether oxygens (including phenoxy) is 1. The normalized spacial score (nSPS) is 12.5. The quantitative estimate of drug-likeness (QED) is 0.296. The zero-order valence-corrected chi connectivity index (χ0v) is 22.6. The van der Waals surface area contributed by atoms with Crippen molar-refractivity contribution in [2.75, 3.05) is 32.1 Å². The van der Waals surface area contributed by atoms with Crippen LogP contribution in [-0.4, -0.2) is 76.5 Å². The van der Waals surface area contributed by atoms with Gasteiger partial charge in [0.15, 0.2) is 17.4 Å². The van der Waals surface area contributed by atoms with Crippen LogP contribution >= 0.6 is 0 Å². The van der Waals surface area contributed by atoms with E-state index in [1.165, 1.54) is 37.1 Å². The van der Waals surface area contributed by atoms with Crippen molar-refractivity contribution in [3.8, 4) is 17.0 Å². The van der Waals surface area contributed by atoms with Crippen molar-refractivity contribution >= 4 is 29.9 Å². The van der Waals surface area contributed by atoms with Crippen LogP contribution in [0.25, 0.3) is 11.3 Å². The van der Waals surface area contributed by atoms with Gasteiger partial charge in [-0.1, -0.05) is 6.92 Å². The molecule has 4 rings (SSSR count). The number of nitrogens with two attached hydrogens (primary N) is 1. The van der Waals surface area contributed by atoms with E-state index in [1.54, 1.807) is 23.1 Å². The molecule has 12 nitrogen and oxygen atoms in total. The smallest absolute Gasteiger partial charge is 0.291 e. The van der Waals surface area contributed by atoms with Crippen molar-refractivity contribution in [1.29, 1.82) is 0 Å². The summed E-state index contributed by atoms with van der Waals surface area (Å²) < 4.78 is 34.9. The van der Waals surface area contributed by atoms with Gasteiger partial charge in [0, 0.05) is 37.0 Å². The van der Waals surface area contributed by atoms with Crippen LogP contribution in [0.2, 0.25) is 0 Å². The van der Waals surface area contributed by atoms with Crippen molar-refractivity contribution < 1.29 is 37.8 Å². The summed E-state index contributed by atoms with van der Waals surface area (Å²) in [6.07, 6.45) is 1.82. The number of amides is 3. The average Bonchev–Trinajstić information content (AvgIpc) is 3.32. The Morgan fingerprint density at radius 1 is 1.17 bits per heavy atom. The summed E-state index contributed by atoms with van der Waals surface area (Å²) in [4.78, 5) is 51.4. The highest BCUT2D eigenvalue weighted by Gasteiger charge is 2.31. The van der Waals surface area contributed by atoms with E-state index in [2.05, 4.69) is 15.6 Å². The monoisotopic (exact) mass is 572 g/mol. The van der Waals surface area contributed by atoms with Crippen LogP contribution in [0.4, 0.5) is 14.5 Å². The highest BCUT2D eigenvalue weighted by atomic mass is 19.2. The van der Waals surface area contributed by atoms with Crippen LogP contribution in [0, 0.1) is 11.6 Å². The minimum absolute atomic E-state index is 0.0166. The van der Waals surface area contributed by atoms with Crippen molar-refractivity contribution in [2.45, 2.75) is 19.4 Å². The first kappa shape index (κ1) is 30.7. The van der Waals surface area contributed by atoms with E-state index in [4.69, 9.17) is 20.4 Å². The molecule has 0 spiro atoms. The Bertz CT molecular complexity index is 1450. The predicted molar refractivity (Wildman–Crippen MR) is 144 cm³/mol. The van der Waals surface area contributed by atoms with Gasteiger partial charge in [-0.2, -0.15) is 4.39 Å². The summed E-state index contributed by atoms with van der Waals surface area (Å²) in [5.74, 6) is -3.48. The first-order chi connectivity index (χ1) is 19.6. The average molecular weight is 573 g/mol. The molecular formula is C27H30F2N6O6. The lowest BCUT2D eigenvalue weighted by Gasteiger charge is -2.39. The van der Waals surface area contributed by atoms with Gasteiger partial charge in [0.1, 0.15) is 0 Å². The number of imidazole rings is 1. The standard InChI is InChI=1S/C26H28F2N6O4.CH2O2/c1-4-14-9-15(5-6-17(14)25(36)32-16-12-34(13-16)21(35)10-29)31-26(37)24-30-11-19(33(24)2)18-7-8-20(38-3)23(28)22(18)27;2-1-3/h5-9,11,16H,4,10,12-13,29H2,1-3H3,(H,31,37)(H,32,36);1H,(H,2,3). The Balaban J connectivity index is 0.00000147. The van der Waals surface area contributed by atoms with E-state index in [1.807, 2.05) is 6.92 Å². The number of methoxy groups -OCH3 is 1. The molecule has 0 radical (unpaired) electrons. The molecule has 0 atom stereocenters. The number of benzene rings is 2. The van der Waals surface area contributed by atoms with E-state index in [0.717, 1.165) is 0 Å². The third-order valence-corrected chi connectivity index (χ3v) is 6.47. The van der Waals surface area contributed by atoms with Crippen LogP contribution in [0.5, 0.6) is 5.75 Å². The molecule has 1 aliphatic heterocycles. The van der Waals surface area contributed by atoms with Gasteiger partial charge in [0.05, 0.1) is 31.6 Å². The van der Waals surface area contributed by atoms with Crippen molar-refractivity contribution in [2.24, 2.45) is 12.8 Å². The fourth-order valence-corrected chi connectivity index (χ4v) is 4.30. The van der Waals surface area contributed by atoms with Crippen LogP contribution in [0.1, 0.15) is 33.5 Å². The number of halogens is 2. The van der Waals surface area contributed by atoms with E-state index in [9.17, 15) is 23.2 Å². The molecular weight excluding hydrogens is 542 g/mol. The number of nitrogens with one attached hydrogen (secondary N) is 2. The van der Waals surface area contributed by atoms with Gasteiger partial charge in [-0.15, -0.1) is 0 Å². The van der Waals surface area contributed by atoms with Gasteiger partial charge >= 0.3 is 0 Å². The number of hydrogen-bond acceptors (Lipinski definition) is 7. The van der Waals surface area contributed by atoms with E-state index in [0.29, 0.717) is 36.3 Å². The molecule has 3 amide bonds. The lowest BCUT2D eigenvalue weighted by molar-refractivity contribution is -0.134. The van der Waals surface area contributed by atoms with E-state index >= 15 is 0 Å². The van der Waals surface area contributed by atoms with E-state index < -0.39 is 17.5 Å². The molecule has 5 N–H and O–H groups in total. The summed E-state index contributed by atoms with van der Waals surface area (Å²) in [5, 5.41) is 12.5. The fraction of sp³-hybridized carbons (Fsp3) is 0.296. The Hall–Kier alpha value is -4.85. The second kappa shape index (κ2) is 13.5. The van der Waals surface area contributed by atoms with Gasteiger partial charge in [0.25, 0.3) is 18.3 Å². The van der Waals surface area contributed by atoms with Crippen LogP contribution < -0.4 is 21.1 Å². The number of carbonyl (C=O) groups excluding carboxylic acids is 3. The molecule has 0 saturated carbocycles. The first-order valence-corrected chi connectivity index (χ1v) is 12.4. The molecule has 1 fully saturated rings. The second-order valence-electron chi connectivity index (χ2n) is 8.93. The second-order valence-corrected chi connectivity index (χ2v) is 8.93. The minimum atomic E-state index is -1.13. The number of carboxylic acid groups (broad SMARTS) is 1. The van der Waals surface area contributed by atoms with Gasteiger partial charge in [0.2, 0.25) is 11.7 Å². The summed E-state index contributed by atoms with van der Waals surface area (Å²) in [5.41, 5.74) is 7.11. The third kappa shape index (κ3) is 6.66. The zero-order chi connectivity index (χ0) is 30.3. The summed E-state index contributed by atoms with van der Waals surface area (Å²) in [7, 11) is 2.76. The molecule has 0 unspecified atom stereocenters. The SMILES string of the molecule is CCc1cc(NC(=O)c2ncc(-c3ccc(OC)c(F)c3F)n2C)ccc1C(=O)NC1CN(C(=O)CN)C1.O=CO. The van der Waals surface area contributed by atoms with Gasteiger partial charge in [-0.3, -0.25) is 19.2 Å². The summed E-state index contributed by atoms with van der Waals surface area (Å²) in [6, 6.07) is 7.41. The Morgan fingerprint density at radius 2 is 1.85 bits per heavy atom. The van der Waals surface area contributed by atoms with Crippen LogP contribution in [-0.2, 0) is 23.1 Å². The Labute approximate surface area is 234 Å². The predicted octanol–water partition coefficient (Wildman–Crippen LogP) is 1.79. The topological polar surface area (TPSA) is 169 Å². The Morgan fingerprint density at radius 3 is 2.46 bits per heavy atom. The first-order valence-electron chi connectivity index (χ1n) is 12.4. The number of carbonyl (C=O) groups is 4. The fourth-order valence-electron chi connectivity index (χ4n) is 4.30. The molecule has 2 heterocycles. The summed E-state index contributed by atoms with van der Waals surface area (Å²) in [6.45, 7) is 2.40. The number of likely N-dealkylation sites (tertiary alicyclic amines) is 1. The lowest BCUT2D eigenvalue weighted by atomic mass is 10.0. The maximum absolute atomic E-state index is 14.6. The van der Waals surface area contributed by atoms with Crippen LogP contribution in [0.15, 0.2) is 36.5 Å². The van der Waals surface area contributed by atoms with E-state index in [-0.39, 0.29) is 53.7 Å². The molecule has 1 saturated heterocycles. The van der Waals surface area contributed by atoms with Gasteiger partial charge < -0.3 is 35.7 Å². The van der Waals surface area contributed by atoms with Gasteiger partial charge in [-0.25, -0.2) is 9.37 Å². The molecule has 3 aromatic rings. The van der Waals surface area contributed by atoms with Crippen molar-refractivity contribution in [1.82, 2.24) is 19.8 Å². The number of anilines is 1. The summed E-state index contributed by atoms with van der Waals surface area (Å²) >= 11 is 0. The highest BCUT2D eigenvalue weighted by Crippen LogP contribution is 2.30. The number of aromatic nitrogens is 2.